The Kier molecular flexibility index (Phi) is 2.60. The molecule has 0 aromatic heterocycles. The summed E-state index contributed by atoms with van der Waals surface area (Å²) in [5.74, 6) is 0.240. The molecule has 0 bridgehead atoms. The van der Waals surface area contributed by atoms with E-state index in [0.717, 1.165) is 26.2 Å². The largest absolute Gasteiger partial charge is 0.341 e. The molecule has 13 heavy (non-hydrogen) atoms. The van der Waals surface area contributed by atoms with Gasteiger partial charge in [-0.1, -0.05) is 15.9 Å². The maximum atomic E-state index is 11.3. The zero-order chi connectivity index (χ0) is 9.31. The molecule has 2 rings (SSSR count). The summed E-state index contributed by atoms with van der Waals surface area (Å²) in [5, 5.41) is 3.83. The van der Waals surface area contributed by atoms with Crippen LogP contribution in [0.3, 0.4) is 0 Å². The summed E-state index contributed by atoms with van der Waals surface area (Å²) in [5.41, 5.74) is 0.475. The van der Waals surface area contributed by atoms with E-state index in [1.165, 1.54) is 12.8 Å². The van der Waals surface area contributed by atoms with E-state index < -0.39 is 0 Å². The van der Waals surface area contributed by atoms with Crippen LogP contribution in [0.25, 0.3) is 0 Å². The number of likely N-dealkylation sites (tertiary alicyclic amines) is 1. The van der Waals surface area contributed by atoms with Crippen LogP contribution >= 0.6 is 15.9 Å². The summed E-state index contributed by atoms with van der Waals surface area (Å²) in [6, 6.07) is 0. The van der Waals surface area contributed by atoms with Gasteiger partial charge in [0, 0.05) is 18.5 Å². The minimum atomic E-state index is 0.240. The Bertz CT molecular complexity index is 206. The third-order valence-corrected chi connectivity index (χ3v) is 3.66. The average molecular weight is 247 g/mol. The molecule has 74 valence electrons. The lowest BCUT2D eigenvalue weighted by Crippen LogP contribution is -2.61. The second kappa shape index (κ2) is 3.58. The lowest BCUT2D eigenvalue weighted by Gasteiger charge is -2.52. The van der Waals surface area contributed by atoms with Crippen LogP contribution in [0.2, 0.25) is 0 Å². The van der Waals surface area contributed by atoms with E-state index in [-0.39, 0.29) is 5.91 Å². The van der Waals surface area contributed by atoms with Gasteiger partial charge in [-0.2, -0.15) is 0 Å². The SMILES string of the molecule is O=C(CBr)N1CC2(CCNCC2)C1. The standard InChI is InChI=1S/C9H15BrN2O/c10-5-8(13)12-6-9(7-12)1-3-11-4-2-9/h11H,1-7H2. The van der Waals surface area contributed by atoms with Gasteiger partial charge >= 0.3 is 0 Å². The van der Waals surface area contributed by atoms with Gasteiger partial charge in [-0.15, -0.1) is 0 Å². The molecule has 2 fully saturated rings. The number of nitrogens with one attached hydrogen (secondary N) is 1. The normalized spacial score (nSPS) is 25.8. The molecule has 1 amide bonds. The van der Waals surface area contributed by atoms with Crippen molar-refractivity contribution in [1.29, 1.82) is 0 Å². The second-order valence-electron chi connectivity index (χ2n) is 4.13. The van der Waals surface area contributed by atoms with Crippen molar-refractivity contribution in [3.8, 4) is 0 Å². The summed E-state index contributed by atoms with van der Waals surface area (Å²) in [7, 11) is 0. The van der Waals surface area contributed by atoms with Gasteiger partial charge in [-0.3, -0.25) is 4.79 Å². The number of hydrogen-bond acceptors (Lipinski definition) is 2. The fourth-order valence-electron chi connectivity index (χ4n) is 2.30. The first-order valence-electron chi connectivity index (χ1n) is 4.80. The molecule has 4 heteroatoms. The Morgan fingerprint density at radius 2 is 2.00 bits per heavy atom. The topological polar surface area (TPSA) is 32.3 Å². The van der Waals surface area contributed by atoms with Gasteiger partial charge < -0.3 is 10.2 Å². The van der Waals surface area contributed by atoms with Crippen molar-refractivity contribution in [1.82, 2.24) is 10.2 Å². The first-order chi connectivity index (χ1) is 6.26. The zero-order valence-corrected chi connectivity index (χ0v) is 9.27. The van der Waals surface area contributed by atoms with E-state index in [9.17, 15) is 4.79 Å². The number of halogens is 1. The molecule has 1 spiro atoms. The maximum absolute atomic E-state index is 11.3. The highest BCUT2D eigenvalue weighted by Crippen LogP contribution is 2.38. The molecule has 0 atom stereocenters. The van der Waals surface area contributed by atoms with Crippen LogP contribution in [-0.2, 0) is 4.79 Å². The first-order valence-corrected chi connectivity index (χ1v) is 5.92. The number of carbonyl (C=O) groups excluding carboxylic acids is 1. The lowest BCUT2D eigenvalue weighted by molar-refractivity contribution is -0.142. The van der Waals surface area contributed by atoms with Crippen molar-refractivity contribution >= 4 is 21.8 Å². The lowest BCUT2D eigenvalue weighted by atomic mass is 9.72. The predicted octanol–water partition coefficient (Wildman–Crippen LogP) is 0.593. The number of piperidine rings is 1. The fourth-order valence-corrected chi connectivity index (χ4v) is 2.65. The minimum absolute atomic E-state index is 0.240. The summed E-state index contributed by atoms with van der Waals surface area (Å²) in [6.45, 7) is 4.21. The summed E-state index contributed by atoms with van der Waals surface area (Å²) in [4.78, 5) is 13.2. The minimum Gasteiger partial charge on any atom is -0.341 e. The molecular formula is C9H15BrN2O. The van der Waals surface area contributed by atoms with Crippen LogP contribution in [0.5, 0.6) is 0 Å². The van der Waals surface area contributed by atoms with Gasteiger partial charge in [0.15, 0.2) is 0 Å². The highest BCUT2D eigenvalue weighted by molar-refractivity contribution is 9.09. The highest BCUT2D eigenvalue weighted by Gasteiger charge is 2.44. The van der Waals surface area contributed by atoms with Gasteiger partial charge in [0.1, 0.15) is 0 Å². The van der Waals surface area contributed by atoms with Crippen molar-refractivity contribution in [3.05, 3.63) is 0 Å². The van der Waals surface area contributed by atoms with Gasteiger partial charge in [-0.05, 0) is 25.9 Å². The second-order valence-corrected chi connectivity index (χ2v) is 4.69. The highest BCUT2D eigenvalue weighted by atomic mass is 79.9. The smallest absolute Gasteiger partial charge is 0.233 e. The molecular weight excluding hydrogens is 232 g/mol. The predicted molar refractivity (Wildman–Crippen MR) is 54.9 cm³/mol. The van der Waals surface area contributed by atoms with E-state index in [4.69, 9.17) is 0 Å². The van der Waals surface area contributed by atoms with Gasteiger partial charge in [0.05, 0.1) is 5.33 Å². The summed E-state index contributed by atoms with van der Waals surface area (Å²) < 4.78 is 0. The number of nitrogens with zero attached hydrogens (tertiary/aromatic N) is 1. The number of amides is 1. The van der Waals surface area contributed by atoms with E-state index in [1.54, 1.807) is 0 Å². The van der Waals surface area contributed by atoms with Gasteiger partial charge in [-0.25, -0.2) is 0 Å². The molecule has 2 aliphatic heterocycles. The monoisotopic (exact) mass is 246 g/mol. The Labute approximate surface area is 87.0 Å². The van der Waals surface area contributed by atoms with Crippen molar-refractivity contribution in [2.24, 2.45) is 5.41 Å². The third kappa shape index (κ3) is 1.74. The molecule has 0 aromatic carbocycles. The number of hydrogen-bond donors (Lipinski definition) is 1. The zero-order valence-electron chi connectivity index (χ0n) is 7.68. The van der Waals surface area contributed by atoms with Crippen molar-refractivity contribution in [3.63, 3.8) is 0 Å². The molecule has 0 saturated carbocycles. The van der Waals surface area contributed by atoms with Crippen LogP contribution in [0.1, 0.15) is 12.8 Å². The van der Waals surface area contributed by atoms with E-state index in [0.29, 0.717) is 10.7 Å². The maximum Gasteiger partial charge on any atom is 0.233 e. The Balaban J connectivity index is 1.85. The quantitative estimate of drug-likeness (QED) is 0.688. The Hall–Kier alpha value is -0.0900. The molecule has 3 nitrogen and oxygen atoms in total. The third-order valence-electron chi connectivity index (χ3n) is 3.18. The average Bonchev–Trinajstić information content (AvgIpc) is 2.14. The van der Waals surface area contributed by atoms with Gasteiger partial charge in [0.25, 0.3) is 0 Å². The molecule has 0 unspecified atom stereocenters. The molecule has 0 aliphatic carbocycles. The number of rotatable bonds is 1. The van der Waals surface area contributed by atoms with Crippen molar-refractivity contribution in [2.45, 2.75) is 12.8 Å². The van der Waals surface area contributed by atoms with Crippen LogP contribution in [0.4, 0.5) is 0 Å². The van der Waals surface area contributed by atoms with E-state index in [2.05, 4.69) is 21.2 Å². The van der Waals surface area contributed by atoms with Crippen molar-refractivity contribution < 1.29 is 4.79 Å². The fraction of sp³-hybridized carbons (Fsp3) is 0.889. The van der Waals surface area contributed by atoms with E-state index >= 15 is 0 Å². The summed E-state index contributed by atoms with van der Waals surface area (Å²) in [6.07, 6.45) is 2.47. The van der Waals surface area contributed by atoms with Crippen molar-refractivity contribution in [2.75, 3.05) is 31.5 Å². The summed E-state index contributed by atoms with van der Waals surface area (Å²) >= 11 is 3.20. The molecule has 0 aromatic rings. The first kappa shape index (κ1) is 9.46. The van der Waals surface area contributed by atoms with Crippen LogP contribution < -0.4 is 5.32 Å². The Morgan fingerprint density at radius 3 is 2.54 bits per heavy atom. The molecule has 2 aliphatic rings. The van der Waals surface area contributed by atoms with E-state index in [1.807, 2.05) is 4.90 Å². The Morgan fingerprint density at radius 1 is 1.38 bits per heavy atom. The molecule has 2 heterocycles. The van der Waals surface area contributed by atoms with Crippen LogP contribution in [-0.4, -0.2) is 42.3 Å². The number of carbonyl (C=O) groups is 1. The van der Waals surface area contributed by atoms with Crippen LogP contribution in [0.15, 0.2) is 0 Å². The molecule has 2 saturated heterocycles. The molecule has 0 radical (unpaired) electrons. The van der Waals surface area contributed by atoms with Gasteiger partial charge in [0.2, 0.25) is 5.91 Å². The van der Waals surface area contributed by atoms with Crippen LogP contribution in [0, 0.1) is 5.41 Å². The molecule has 1 N–H and O–H groups in total. The number of alkyl halides is 1.